The molecule has 19 heavy (non-hydrogen) atoms. The van der Waals surface area contributed by atoms with Gasteiger partial charge in [0, 0.05) is 12.6 Å². The summed E-state index contributed by atoms with van der Waals surface area (Å²) in [6.07, 6.45) is 3.04. The molecule has 1 aliphatic rings. The van der Waals surface area contributed by atoms with Gasteiger partial charge in [0.15, 0.2) is 0 Å². The molecule has 0 bridgehead atoms. The van der Waals surface area contributed by atoms with Crippen LogP contribution in [0.1, 0.15) is 38.9 Å². The molecule has 1 atom stereocenters. The van der Waals surface area contributed by atoms with Gasteiger partial charge in [-0.05, 0) is 39.4 Å². The summed E-state index contributed by atoms with van der Waals surface area (Å²) in [5.74, 6) is 0. The van der Waals surface area contributed by atoms with E-state index in [2.05, 4.69) is 48.1 Å². The molecule has 0 radical (unpaired) electrons. The van der Waals surface area contributed by atoms with Crippen LogP contribution in [0.3, 0.4) is 0 Å². The van der Waals surface area contributed by atoms with E-state index in [-0.39, 0.29) is 5.54 Å². The third-order valence-electron chi connectivity index (χ3n) is 3.84. The Bertz CT molecular complexity index is 398. The fourth-order valence-electron chi connectivity index (χ4n) is 2.66. The maximum atomic E-state index is 5.56. The SMILES string of the molecule is CCC(NC)c1ccc(N2CCOCC2(C)C)cn1. The van der Waals surface area contributed by atoms with Crippen molar-refractivity contribution in [3.05, 3.63) is 24.0 Å². The van der Waals surface area contributed by atoms with Crippen LogP contribution in [0.5, 0.6) is 0 Å². The van der Waals surface area contributed by atoms with Crippen molar-refractivity contribution in [2.45, 2.75) is 38.8 Å². The maximum Gasteiger partial charge on any atom is 0.0694 e. The number of nitrogens with one attached hydrogen (secondary N) is 1. The molecule has 2 heterocycles. The summed E-state index contributed by atoms with van der Waals surface area (Å²) in [6, 6.07) is 4.65. The number of rotatable bonds is 4. The van der Waals surface area contributed by atoms with E-state index in [1.807, 2.05) is 13.2 Å². The molecule has 1 fully saturated rings. The average Bonchev–Trinajstić information content (AvgIpc) is 2.41. The molecule has 1 saturated heterocycles. The fourth-order valence-corrected chi connectivity index (χ4v) is 2.66. The van der Waals surface area contributed by atoms with Crippen LogP contribution in [-0.2, 0) is 4.74 Å². The average molecular weight is 263 g/mol. The second-order valence-electron chi connectivity index (χ2n) is 5.71. The second kappa shape index (κ2) is 5.88. The molecule has 1 unspecified atom stereocenters. The molecule has 0 aliphatic carbocycles. The predicted molar refractivity (Wildman–Crippen MR) is 78.6 cm³/mol. The molecule has 106 valence electrons. The maximum absolute atomic E-state index is 5.56. The molecule has 0 aromatic carbocycles. The quantitative estimate of drug-likeness (QED) is 0.905. The first-order valence-electron chi connectivity index (χ1n) is 7.07. The Morgan fingerprint density at radius 1 is 1.47 bits per heavy atom. The number of hydrogen-bond acceptors (Lipinski definition) is 4. The lowest BCUT2D eigenvalue weighted by Gasteiger charge is -2.43. The van der Waals surface area contributed by atoms with Gasteiger partial charge in [-0.1, -0.05) is 6.92 Å². The van der Waals surface area contributed by atoms with Crippen LogP contribution in [-0.4, -0.2) is 37.3 Å². The summed E-state index contributed by atoms with van der Waals surface area (Å²) in [6.45, 7) is 9.08. The first-order chi connectivity index (χ1) is 9.08. The minimum absolute atomic E-state index is 0.0363. The van der Waals surface area contributed by atoms with Crippen molar-refractivity contribution >= 4 is 5.69 Å². The van der Waals surface area contributed by atoms with E-state index in [4.69, 9.17) is 4.74 Å². The van der Waals surface area contributed by atoms with Gasteiger partial charge < -0.3 is 15.0 Å². The Hall–Kier alpha value is -1.13. The molecule has 1 N–H and O–H groups in total. The summed E-state index contributed by atoms with van der Waals surface area (Å²) in [5, 5.41) is 3.29. The number of morpholine rings is 1. The third-order valence-corrected chi connectivity index (χ3v) is 3.84. The smallest absolute Gasteiger partial charge is 0.0694 e. The summed E-state index contributed by atoms with van der Waals surface area (Å²) >= 11 is 0. The zero-order chi connectivity index (χ0) is 13.9. The Kier molecular flexibility index (Phi) is 4.42. The highest BCUT2D eigenvalue weighted by molar-refractivity contribution is 5.48. The number of hydrogen-bond donors (Lipinski definition) is 1. The Morgan fingerprint density at radius 2 is 2.26 bits per heavy atom. The van der Waals surface area contributed by atoms with Gasteiger partial charge in [-0.3, -0.25) is 4.98 Å². The monoisotopic (exact) mass is 263 g/mol. The molecular formula is C15H25N3O. The summed E-state index contributed by atoms with van der Waals surface area (Å²) in [7, 11) is 1.98. The van der Waals surface area contributed by atoms with Crippen LogP contribution in [0.15, 0.2) is 18.3 Å². The van der Waals surface area contributed by atoms with E-state index in [1.54, 1.807) is 0 Å². The van der Waals surface area contributed by atoms with Crippen molar-refractivity contribution in [2.75, 3.05) is 31.7 Å². The van der Waals surface area contributed by atoms with Crippen molar-refractivity contribution in [1.82, 2.24) is 10.3 Å². The molecule has 0 amide bonds. The van der Waals surface area contributed by atoms with Gasteiger partial charge in [0.1, 0.15) is 0 Å². The van der Waals surface area contributed by atoms with Gasteiger partial charge >= 0.3 is 0 Å². The van der Waals surface area contributed by atoms with Crippen LogP contribution >= 0.6 is 0 Å². The van der Waals surface area contributed by atoms with Gasteiger partial charge in [-0.25, -0.2) is 0 Å². The molecule has 4 nitrogen and oxygen atoms in total. The Labute approximate surface area is 116 Å². The van der Waals surface area contributed by atoms with Crippen LogP contribution < -0.4 is 10.2 Å². The normalized spacial score (nSPS) is 20.3. The van der Waals surface area contributed by atoms with Crippen molar-refractivity contribution in [3.63, 3.8) is 0 Å². The molecule has 1 aliphatic heterocycles. The highest BCUT2D eigenvalue weighted by Gasteiger charge is 2.30. The molecule has 4 heteroatoms. The van der Waals surface area contributed by atoms with Crippen LogP contribution in [0, 0.1) is 0 Å². The predicted octanol–water partition coefficient (Wildman–Crippen LogP) is 2.37. The zero-order valence-electron chi connectivity index (χ0n) is 12.4. The molecule has 1 aromatic rings. The summed E-state index contributed by atoms with van der Waals surface area (Å²) < 4.78 is 5.56. The van der Waals surface area contributed by atoms with Gasteiger partial charge in [-0.15, -0.1) is 0 Å². The van der Waals surface area contributed by atoms with Crippen molar-refractivity contribution in [2.24, 2.45) is 0 Å². The minimum Gasteiger partial charge on any atom is -0.377 e. The number of anilines is 1. The molecule has 0 spiro atoms. The van der Waals surface area contributed by atoms with E-state index >= 15 is 0 Å². The molecule has 2 rings (SSSR count). The number of aromatic nitrogens is 1. The second-order valence-corrected chi connectivity index (χ2v) is 5.71. The van der Waals surface area contributed by atoms with E-state index in [1.165, 1.54) is 5.69 Å². The van der Waals surface area contributed by atoms with E-state index in [9.17, 15) is 0 Å². The molecule has 1 aromatic heterocycles. The van der Waals surface area contributed by atoms with E-state index < -0.39 is 0 Å². The van der Waals surface area contributed by atoms with E-state index in [0.717, 1.165) is 31.9 Å². The van der Waals surface area contributed by atoms with Crippen LogP contribution in [0.2, 0.25) is 0 Å². The standard InChI is InChI=1S/C15H25N3O/c1-5-13(16-4)14-7-6-12(10-17-14)18-8-9-19-11-15(18,2)3/h6-7,10,13,16H,5,8-9,11H2,1-4H3. The third kappa shape index (κ3) is 3.07. The van der Waals surface area contributed by atoms with Crippen LogP contribution in [0.25, 0.3) is 0 Å². The van der Waals surface area contributed by atoms with Gasteiger partial charge in [0.25, 0.3) is 0 Å². The fraction of sp³-hybridized carbons (Fsp3) is 0.667. The Balaban J connectivity index is 2.17. The van der Waals surface area contributed by atoms with Gasteiger partial charge in [-0.2, -0.15) is 0 Å². The van der Waals surface area contributed by atoms with Gasteiger partial charge in [0.05, 0.1) is 36.3 Å². The topological polar surface area (TPSA) is 37.4 Å². The zero-order valence-corrected chi connectivity index (χ0v) is 12.4. The lowest BCUT2D eigenvalue weighted by molar-refractivity contribution is 0.0643. The van der Waals surface area contributed by atoms with Gasteiger partial charge in [0.2, 0.25) is 0 Å². The van der Waals surface area contributed by atoms with Crippen molar-refractivity contribution < 1.29 is 4.74 Å². The van der Waals surface area contributed by atoms with Crippen LogP contribution in [0.4, 0.5) is 5.69 Å². The van der Waals surface area contributed by atoms with Crippen molar-refractivity contribution in [1.29, 1.82) is 0 Å². The molecular weight excluding hydrogens is 238 g/mol. The number of pyridine rings is 1. The summed E-state index contributed by atoms with van der Waals surface area (Å²) in [4.78, 5) is 7.00. The lowest BCUT2D eigenvalue weighted by Crippen LogP contribution is -2.53. The Morgan fingerprint density at radius 3 is 2.79 bits per heavy atom. The largest absolute Gasteiger partial charge is 0.377 e. The summed E-state index contributed by atoms with van der Waals surface area (Å²) in [5.41, 5.74) is 2.33. The van der Waals surface area contributed by atoms with E-state index in [0.29, 0.717) is 6.04 Å². The lowest BCUT2D eigenvalue weighted by atomic mass is 10.0. The number of nitrogens with zero attached hydrogens (tertiary/aromatic N) is 2. The highest BCUT2D eigenvalue weighted by atomic mass is 16.5. The van der Waals surface area contributed by atoms with Crippen molar-refractivity contribution in [3.8, 4) is 0 Å². The molecule has 0 saturated carbocycles. The first-order valence-corrected chi connectivity index (χ1v) is 7.07. The first kappa shape index (κ1) is 14.3. The minimum atomic E-state index is 0.0363. The highest BCUT2D eigenvalue weighted by Crippen LogP contribution is 2.27. The number of ether oxygens (including phenoxy) is 1.